The van der Waals surface area contributed by atoms with Crippen LogP contribution in [0.3, 0.4) is 0 Å². The molecule has 0 amide bonds. The molecule has 0 aromatic heterocycles. The van der Waals surface area contributed by atoms with Crippen molar-refractivity contribution in [2.24, 2.45) is 0 Å². The molecule has 100 valence electrons. The first-order chi connectivity index (χ1) is 8.27. The Morgan fingerprint density at radius 1 is 1.44 bits per heavy atom. The Morgan fingerprint density at radius 2 is 2.06 bits per heavy atom. The van der Waals surface area contributed by atoms with E-state index >= 15 is 0 Å². The topological polar surface area (TPSA) is 40.5 Å². The highest BCUT2D eigenvalue weighted by molar-refractivity contribution is 5.87. The maximum atomic E-state index is 13.8. The Kier molecular flexibility index (Phi) is 4.46. The number of hydrogen-bond acceptors (Lipinski definition) is 2. The molecule has 0 radical (unpaired) electrons. The summed E-state index contributed by atoms with van der Waals surface area (Å²) >= 11 is 0. The molecule has 1 rings (SSSR count). The van der Waals surface area contributed by atoms with Gasteiger partial charge in [0, 0.05) is 17.6 Å². The molecular formula is C14H20FNO2. The van der Waals surface area contributed by atoms with E-state index in [0.717, 1.165) is 12.5 Å². The van der Waals surface area contributed by atoms with E-state index in [0.29, 0.717) is 12.1 Å². The lowest BCUT2D eigenvalue weighted by Gasteiger charge is -2.34. The van der Waals surface area contributed by atoms with Crippen LogP contribution in [0.4, 0.5) is 4.39 Å². The SMILES string of the molecule is CCC(C)(C)N(C)Cc1ccc(C(=O)O)cc1F. The highest BCUT2D eigenvalue weighted by Crippen LogP contribution is 2.21. The highest BCUT2D eigenvalue weighted by Gasteiger charge is 2.22. The predicted octanol–water partition coefficient (Wildman–Crippen LogP) is 3.14. The molecule has 0 aliphatic rings. The van der Waals surface area contributed by atoms with Gasteiger partial charge in [0.05, 0.1) is 5.56 Å². The van der Waals surface area contributed by atoms with Crippen molar-refractivity contribution in [1.29, 1.82) is 0 Å². The second kappa shape index (κ2) is 5.48. The third-order valence-electron chi connectivity index (χ3n) is 3.61. The molecule has 0 aliphatic carbocycles. The van der Waals surface area contributed by atoms with Crippen LogP contribution in [-0.4, -0.2) is 28.6 Å². The summed E-state index contributed by atoms with van der Waals surface area (Å²) in [6, 6.07) is 4.05. The average Bonchev–Trinajstić information content (AvgIpc) is 2.31. The van der Waals surface area contributed by atoms with Gasteiger partial charge in [-0.05, 0) is 39.4 Å². The minimum atomic E-state index is -1.11. The van der Waals surface area contributed by atoms with Crippen molar-refractivity contribution >= 4 is 5.97 Å². The summed E-state index contributed by atoms with van der Waals surface area (Å²) in [5.74, 6) is -1.57. The van der Waals surface area contributed by atoms with E-state index in [1.807, 2.05) is 7.05 Å². The summed E-state index contributed by atoms with van der Waals surface area (Å²) in [6.07, 6.45) is 0.957. The average molecular weight is 253 g/mol. The van der Waals surface area contributed by atoms with Crippen LogP contribution in [0.5, 0.6) is 0 Å². The Labute approximate surface area is 107 Å². The van der Waals surface area contributed by atoms with Crippen molar-refractivity contribution < 1.29 is 14.3 Å². The molecule has 0 spiro atoms. The number of nitrogens with zero attached hydrogens (tertiary/aromatic N) is 1. The summed E-state index contributed by atoms with van der Waals surface area (Å²) in [4.78, 5) is 12.8. The van der Waals surface area contributed by atoms with Crippen molar-refractivity contribution in [2.75, 3.05) is 7.05 Å². The molecule has 0 fully saturated rings. The number of carboxylic acid groups (broad SMARTS) is 1. The van der Waals surface area contributed by atoms with Crippen LogP contribution in [0, 0.1) is 5.82 Å². The summed E-state index contributed by atoms with van der Waals surface area (Å²) in [5.41, 5.74) is 0.482. The number of halogens is 1. The minimum absolute atomic E-state index is 0.0160. The van der Waals surface area contributed by atoms with Crippen LogP contribution < -0.4 is 0 Å². The van der Waals surface area contributed by atoms with E-state index in [1.165, 1.54) is 6.07 Å². The fourth-order valence-corrected chi connectivity index (χ4v) is 1.55. The van der Waals surface area contributed by atoms with E-state index in [9.17, 15) is 9.18 Å². The molecule has 1 N–H and O–H groups in total. The van der Waals surface area contributed by atoms with E-state index in [2.05, 4.69) is 25.7 Å². The fourth-order valence-electron chi connectivity index (χ4n) is 1.55. The Balaban J connectivity index is 2.89. The number of benzene rings is 1. The number of aromatic carboxylic acids is 1. The smallest absolute Gasteiger partial charge is 0.335 e. The Hall–Kier alpha value is -1.42. The van der Waals surface area contributed by atoms with Gasteiger partial charge in [0.2, 0.25) is 0 Å². The van der Waals surface area contributed by atoms with Crippen molar-refractivity contribution in [3.63, 3.8) is 0 Å². The van der Waals surface area contributed by atoms with Crippen LogP contribution in [0.2, 0.25) is 0 Å². The maximum Gasteiger partial charge on any atom is 0.335 e. The molecule has 1 aromatic carbocycles. The Bertz CT molecular complexity index is 443. The summed E-state index contributed by atoms with van der Waals surface area (Å²) in [6.45, 7) is 6.74. The van der Waals surface area contributed by atoms with Gasteiger partial charge in [0.15, 0.2) is 0 Å². The largest absolute Gasteiger partial charge is 0.478 e. The molecule has 0 heterocycles. The molecule has 4 heteroatoms. The van der Waals surface area contributed by atoms with Crippen LogP contribution >= 0.6 is 0 Å². The van der Waals surface area contributed by atoms with Gasteiger partial charge in [-0.15, -0.1) is 0 Å². The van der Waals surface area contributed by atoms with Crippen molar-refractivity contribution in [3.8, 4) is 0 Å². The van der Waals surface area contributed by atoms with E-state index < -0.39 is 11.8 Å². The molecule has 0 unspecified atom stereocenters. The molecule has 0 aliphatic heterocycles. The molecule has 0 atom stereocenters. The molecular weight excluding hydrogens is 233 g/mol. The van der Waals surface area contributed by atoms with E-state index in [1.54, 1.807) is 6.07 Å². The normalized spacial score (nSPS) is 11.9. The number of rotatable bonds is 5. The highest BCUT2D eigenvalue weighted by atomic mass is 19.1. The van der Waals surface area contributed by atoms with Gasteiger partial charge in [0.25, 0.3) is 0 Å². The Morgan fingerprint density at radius 3 is 2.50 bits per heavy atom. The first kappa shape index (κ1) is 14.6. The molecule has 0 saturated heterocycles. The first-order valence-corrected chi connectivity index (χ1v) is 6.01. The van der Waals surface area contributed by atoms with Crippen molar-refractivity contribution in [3.05, 3.63) is 35.1 Å². The summed E-state index contributed by atoms with van der Waals surface area (Å²) in [7, 11) is 1.94. The third kappa shape index (κ3) is 3.29. The van der Waals surface area contributed by atoms with Gasteiger partial charge >= 0.3 is 5.97 Å². The second-order valence-corrected chi connectivity index (χ2v) is 5.13. The van der Waals surface area contributed by atoms with Gasteiger partial charge in [-0.25, -0.2) is 9.18 Å². The maximum absolute atomic E-state index is 13.8. The lowest BCUT2D eigenvalue weighted by atomic mass is 9.99. The predicted molar refractivity (Wildman–Crippen MR) is 69.2 cm³/mol. The molecule has 0 saturated carbocycles. The monoisotopic (exact) mass is 253 g/mol. The van der Waals surface area contributed by atoms with Crippen LogP contribution in [-0.2, 0) is 6.54 Å². The summed E-state index contributed by atoms with van der Waals surface area (Å²) < 4.78 is 13.8. The van der Waals surface area contributed by atoms with Crippen molar-refractivity contribution in [2.45, 2.75) is 39.3 Å². The van der Waals surface area contributed by atoms with Crippen LogP contribution in [0.25, 0.3) is 0 Å². The zero-order valence-electron chi connectivity index (χ0n) is 11.3. The fraction of sp³-hybridized carbons (Fsp3) is 0.500. The number of hydrogen-bond donors (Lipinski definition) is 1. The zero-order valence-corrected chi connectivity index (χ0v) is 11.3. The van der Waals surface area contributed by atoms with Gasteiger partial charge in [-0.1, -0.05) is 13.0 Å². The van der Waals surface area contributed by atoms with Gasteiger partial charge in [0.1, 0.15) is 5.82 Å². The van der Waals surface area contributed by atoms with E-state index in [4.69, 9.17) is 5.11 Å². The third-order valence-corrected chi connectivity index (χ3v) is 3.61. The quantitative estimate of drug-likeness (QED) is 0.876. The number of carbonyl (C=O) groups is 1. The van der Waals surface area contributed by atoms with Crippen molar-refractivity contribution in [1.82, 2.24) is 4.90 Å². The zero-order chi connectivity index (χ0) is 13.9. The molecule has 18 heavy (non-hydrogen) atoms. The van der Waals surface area contributed by atoms with Gasteiger partial charge in [-0.3, -0.25) is 4.90 Å². The van der Waals surface area contributed by atoms with Crippen LogP contribution in [0.15, 0.2) is 18.2 Å². The first-order valence-electron chi connectivity index (χ1n) is 6.01. The molecule has 3 nitrogen and oxygen atoms in total. The lowest BCUT2D eigenvalue weighted by molar-refractivity contribution is 0.0696. The second-order valence-electron chi connectivity index (χ2n) is 5.13. The summed E-state index contributed by atoms with van der Waals surface area (Å²) in [5, 5.41) is 8.77. The standard InChI is InChI=1S/C14H20FNO2/c1-5-14(2,3)16(4)9-11-7-6-10(13(17)18)8-12(11)15/h6-8H,5,9H2,1-4H3,(H,17,18). The molecule has 1 aromatic rings. The van der Waals surface area contributed by atoms with E-state index in [-0.39, 0.29) is 11.1 Å². The number of carboxylic acids is 1. The van der Waals surface area contributed by atoms with Gasteiger partial charge in [-0.2, -0.15) is 0 Å². The van der Waals surface area contributed by atoms with Crippen LogP contribution in [0.1, 0.15) is 43.1 Å². The lowest BCUT2D eigenvalue weighted by Crippen LogP contribution is -2.40. The molecule has 0 bridgehead atoms. The van der Waals surface area contributed by atoms with Gasteiger partial charge < -0.3 is 5.11 Å². The minimum Gasteiger partial charge on any atom is -0.478 e.